The lowest BCUT2D eigenvalue weighted by molar-refractivity contribution is -0.152. The van der Waals surface area contributed by atoms with Crippen molar-refractivity contribution in [2.24, 2.45) is 5.41 Å². The predicted molar refractivity (Wildman–Crippen MR) is 72.4 cm³/mol. The van der Waals surface area contributed by atoms with Crippen LogP contribution in [-0.2, 0) is 9.59 Å². The molecule has 0 rings (SSSR count). The molecule has 1 N–H and O–H groups in total. The van der Waals surface area contributed by atoms with E-state index in [4.69, 9.17) is 5.11 Å². The van der Waals surface area contributed by atoms with Gasteiger partial charge in [0.15, 0.2) is 0 Å². The van der Waals surface area contributed by atoms with Gasteiger partial charge in [-0.25, -0.2) is 0 Å². The molecule has 0 aromatic rings. The number of hydrogen-bond donors (Lipinski definition) is 1. The number of carboxylic acid groups (broad SMARTS) is 1. The highest BCUT2D eigenvalue weighted by atomic mass is 16.4. The van der Waals surface area contributed by atoms with Gasteiger partial charge >= 0.3 is 5.97 Å². The van der Waals surface area contributed by atoms with Gasteiger partial charge in [0.1, 0.15) is 0 Å². The van der Waals surface area contributed by atoms with Crippen molar-refractivity contribution in [2.75, 3.05) is 6.54 Å². The van der Waals surface area contributed by atoms with E-state index in [2.05, 4.69) is 6.92 Å². The molecule has 0 spiro atoms. The summed E-state index contributed by atoms with van der Waals surface area (Å²) in [6, 6.07) is 0.124. The fraction of sp³-hybridized carbons (Fsp3) is 0.857. The van der Waals surface area contributed by atoms with Crippen molar-refractivity contribution in [2.45, 2.75) is 66.3 Å². The molecule has 0 aliphatic rings. The minimum absolute atomic E-state index is 0.0616. The number of aliphatic carboxylic acids is 1. The molecule has 0 bridgehead atoms. The number of unbranched alkanes of at least 4 members (excludes halogenated alkanes) is 2. The Morgan fingerprint density at radius 1 is 1.22 bits per heavy atom. The van der Waals surface area contributed by atoms with Crippen LogP contribution in [0.3, 0.4) is 0 Å². The molecule has 0 saturated heterocycles. The van der Waals surface area contributed by atoms with Crippen LogP contribution in [-0.4, -0.2) is 34.5 Å². The van der Waals surface area contributed by atoms with Crippen LogP contribution in [0.5, 0.6) is 0 Å². The van der Waals surface area contributed by atoms with Gasteiger partial charge in [-0.2, -0.15) is 0 Å². The maximum atomic E-state index is 12.2. The van der Waals surface area contributed by atoms with Crippen LogP contribution in [0.4, 0.5) is 0 Å². The van der Waals surface area contributed by atoms with E-state index in [9.17, 15) is 9.59 Å². The van der Waals surface area contributed by atoms with Gasteiger partial charge in [0.2, 0.25) is 5.91 Å². The van der Waals surface area contributed by atoms with Crippen LogP contribution in [0.25, 0.3) is 0 Å². The molecule has 0 unspecified atom stereocenters. The van der Waals surface area contributed by atoms with E-state index in [0.717, 1.165) is 25.8 Å². The molecule has 18 heavy (non-hydrogen) atoms. The van der Waals surface area contributed by atoms with E-state index in [1.54, 1.807) is 18.7 Å². The molecule has 0 fully saturated rings. The van der Waals surface area contributed by atoms with Crippen LogP contribution in [0, 0.1) is 5.41 Å². The zero-order chi connectivity index (χ0) is 14.3. The van der Waals surface area contributed by atoms with Gasteiger partial charge in [-0.05, 0) is 34.1 Å². The highest BCUT2D eigenvalue weighted by Crippen LogP contribution is 2.22. The van der Waals surface area contributed by atoms with E-state index in [1.807, 2.05) is 13.8 Å². The fourth-order valence-corrected chi connectivity index (χ4v) is 1.76. The highest BCUT2D eigenvalue weighted by Gasteiger charge is 2.32. The third kappa shape index (κ3) is 5.52. The molecule has 0 aliphatic carbocycles. The van der Waals surface area contributed by atoms with Crippen molar-refractivity contribution in [1.29, 1.82) is 0 Å². The second kappa shape index (κ2) is 7.39. The van der Waals surface area contributed by atoms with Crippen molar-refractivity contribution in [3.05, 3.63) is 0 Å². The summed E-state index contributed by atoms with van der Waals surface area (Å²) in [7, 11) is 0. The zero-order valence-corrected chi connectivity index (χ0v) is 12.3. The van der Waals surface area contributed by atoms with E-state index >= 15 is 0 Å². The minimum atomic E-state index is -0.991. The van der Waals surface area contributed by atoms with Gasteiger partial charge in [-0.1, -0.05) is 19.8 Å². The van der Waals surface area contributed by atoms with Crippen molar-refractivity contribution < 1.29 is 14.7 Å². The molecule has 4 nitrogen and oxygen atoms in total. The number of carbonyl (C=O) groups is 2. The van der Waals surface area contributed by atoms with Gasteiger partial charge < -0.3 is 10.0 Å². The lowest BCUT2D eigenvalue weighted by atomic mass is 9.89. The van der Waals surface area contributed by atoms with Crippen LogP contribution in [0.15, 0.2) is 0 Å². The van der Waals surface area contributed by atoms with E-state index in [1.165, 1.54) is 0 Å². The van der Waals surface area contributed by atoms with E-state index in [-0.39, 0.29) is 18.4 Å². The van der Waals surface area contributed by atoms with Crippen LogP contribution in [0.2, 0.25) is 0 Å². The lowest BCUT2D eigenvalue weighted by Gasteiger charge is -2.30. The highest BCUT2D eigenvalue weighted by molar-refractivity contribution is 5.84. The molecule has 0 aromatic heterocycles. The number of carbonyl (C=O) groups excluding carboxylic acids is 1. The predicted octanol–water partition coefficient (Wildman–Crippen LogP) is 2.91. The second-order valence-electron chi connectivity index (χ2n) is 5.75. The number of carboxylic acids is 1. The van der Waals surface area contributed by atoms with Gasteiger partial charge in [0, 0.05) is 19.0 Å². The summed E-state index contributed by atoms with van der Waals surface area (Å²) in [5.74, 6) is -0.985. The largest absolute Gasteiger partial charge is 0.481 e. The Morgan fingerprint density at radius 3 is 2.17 bits per heavy atom. The second-order valence-corrected chi connectivity index (χ2v) is 5.75. The Kier molecular flexibility index (Phi) is 6.96. The number of amides is 1. The molecule has 0 saturated carbocycles. The summed E-state index contributed by atoms with van der Waals surface area (Å²) in [6.07, 6.45) is 3.25. The average molecular weight is 257 g/mol. The average Bonchev–Trinajstić information content (AvgIpc) is 2.22. The fourth-order valence-electron chi connectivity index (χ4n) is 1.76. The Morgan fingerprint density at radius 2 is 1.78 bits per heavy atom. The van der Waals surface area contributed by atoms with Gasteiger partial charge in [0.25, 0.3) is 0 Å². The third-order valence-electron chi connectivity index (χ3n) is 3.12. The summed E-state index contributed by atoms with van der Waals surface area (Å²) in [5.41, 5.74) is -0.991. The molecule has 0 aliphatic heterocycles. The quantitative estimate of drug-likeness (QED) is 0.680. The first-order valence-corrected chi connectivity index (χ1v) is 6.75. The topological polar surface area (TPSA) is 57.6 Å². The Balaban J connectivity index is 4.53. The van der Waals surface area contributed by atoms with Crippen molar-refractivity contribution in [3.63, 3.8) is 0 Å². The first-order valence-electron chi connectivity index (χ1n) is 6.75. The van der Waals surface area contributed by atoms with Crippen molar-refractivity contribution in [3.8, 4) is 0 Å². The molecule has 0 aromatic carbocycles. The van der Waals surface area contributed by atoms with Crippen LogP contribution in [0.1, 0.15) is 60.3 Å². The van der Waals surface area contributed by atoms with E-state index in [0.29, 0.717) is 0 Å². The van der Waals surface area contributed by atoms with E-state index < -0.39 is 11.4 Å². The zero-order valence-electron chi connectivity index (χ0n) is 12.3. The Hall–Kier alpha value is -1.06. The number of nitrogens with zero attached hydrogens (tertiary/aromatic N) is 1. The summed E-state index contributed by atoms with van der Waals surface area (Å²) in [5, 5.41) is 9.05. The summed E-state index contributed by atoms with van der Waals surface area (Å²) < 4.78 is 0. The SMILES string of the molecule is CCCCCN(C(=O)CC(C)(C)C(=O)O)C(C)C. The molecule has 4 heteroatoms. The van der Waals surface area contributed by atoms with Gasteiger partial charge in [0.05, 0.1) is 5.41 Å². The van der Waals surface area contributed by atoms with Crippen molar-refractivity contribution >= 4 is 11.9 Å². The smallest absolute Gasteiger partial charge is 0.309 e. The monoisotopic (exact) mass is 257 g/mol. The summed E-state index contributed by atoms with van der Waals surface area (Å²) in [4.78, 5) is 25.0. The Labute approximate surface area is 110 Å². The number of hydrogen-bond acceptors (Lipinski definition) is 2. The summed E-state index contributed by atoms with van der Waals surface area (Å²) in [6.45, 7) is 9.97. The molecule has 0 atom stereocenters. The maximum Gasteiger partial charge on any atom is 0.309 e. The Bertz CT molecular complexity index is 285. The van der Waals surface area contributed by atoms with Crippen molar-refractivity contribution in [1.82, 2.24) is 4.90 Å². The number of rotatable bonds is 8. The van der Waals surface area contributed by atoms with Crippen LogP contribution >= 0.6 is 0 Å². The lowest BCUT2D eigenvalue weighted by Crippen LogP contribution is -2.41. The normalized spacial score (nSPS) is 11.7. The molecule has 0 heterocycles. The molecule has 106 valence electrons. The van der Waals surface area contributed by atoms with Crippen LogP contribution < -0.4 is 0 Å². The first-order chi connectivity index (χ1) is 8.22. The maximum absolute atomic E-state index is 12.2. The summed E-state index contributed by atoms with van der Waals surface area (Å²) >= 11 is 0. The molecule has 1 amide bonds. The third-order valence-corrected chi connectivity index (χ3v) is 3.12. The molecule has 0 radical (unpaired) electrons. The standard InChI is InChI=1S/C14H27NO3/c1-6-7-8-9-15(11(2)3)12(16)10-14(4,5)13(17)18/h11H,6-10H2,1-5H3,(H,17,18). The van der Waals surface area contributed by atoms with Gasteiger partial charge in [-0.3, -0.25) is 9.59 Å². The minimum Gasteiger partial charge on any atom is -0.481 e. The van der Waals surface area contributed by atoms with Gasteiger partial charge in [-0.15, -0.1) is 0 Å². The molecular weight excluding hydrogens is 230 g/mol. The first kappa shape index (κ1) is 16.9. The molecular formula is C14H27NO3.